The first-order valence-corrected chi connectivity index (χ1v) is 16.4. The van der Waals surface area contributed by atoms with Crippen LogP contribution in [0.5, 0.6) is 0 Å². The molecule has 0 aliphatic heterocycles. The minimum atomic E-state index is 1.06. The van der Waals surface area contributed by atoms with E-state index in [1.54, 1.807) is 0 Å². The Morgan fingerprint density at radius 2 is 1.13 bits per heavy atom. The lowest BCUT2D eigenvalue weighted by Crippen LogP contribution is -2.09. The first-order chi connectivity index (χ1) is 22.8. The number of nitrogens with zero attached hydrogens (tertiary/aromatic N) is 2. The van der Waals surface area contributed by atoms with E-state index in [9.17, 15) is 0 Å². The number of hydrogen-bond donors (Lipinski definition) is 0. The highest BCUT2D eigenvalue weighted by atomic mass is 32.1. The Labute approximate surface area is 269 Å². The lowest BCUT2D eigenvalue weighted by Gasteiger charge is -2.26. The van der Waals surface area contributed by atoms with E-state index in [0.717, 1.165) is 22.6 Å². The lowest BCUT2D eigenvalue weighted by atomic mass is 9.89. The fourth-order valence-corrected chi connectivity index (χ4v) is 8.48. The molecule has 214 valence electrons. The van der Waals surface area contributed by atoms with E-state index in [2.05, 4.69) is 150 Å². The van der Waals surface area contributed by atoms with E-state index in [0.29, 0.717) is 0 Å². The van der Waals surface area contributed by atoms with Crippen LogP contribution in [-0.2, 0) is 0 Å². The minimum Gasteiger partial charge on any atom is -0.310 e. The van der Waals surface area contributed by atoms with Gasteiger partial charge in [0.1, 0.15) is 0 Å². The Hall–Kier alpha value is -5.77. The summed E-state index contributed by atoms with van der Waals surface area (Å²) in [6.07, 6.45) is 1.89. The topological polar surface area (TPSA) is 16.1 Å². The number of fused-ring (bicyclic) bond motifs is 5. The van der Waals surface area contributed by atoms with Gasteiger partial charge in [-0.3, -0.25) is 4.98 Å². The Morgan fingerprint density at radius 3 is 2.04 bits per heavy atom. The summed E-state index contributed by atoms with van der Waals surface area (Å²) in [7, 11) is 0. The summed E-state index contributed by atoms with van der Waals surface area (Å²) in [6, 6.07) is 55.3. The second-order valence-electron chi connectivity index (χ2n) is 12.0. The molecule has 0 radical (unpaired) electrons. The molecule has 0 spiro atoms. The van der Waals surface area contributed by atoms with Crippen molar-refractivity contribution in [1.82, 2.24) is 4.98 Å². The largest absolute Gasteiger partial charge is 0.310 e. The van der Waals surface area contributed by atoms with Crippen LogP contribution in [0, 0.1) is 0 Å². The quantitative estimate of drug-likeness (QED) is 0.147. The molecule has 0 saturated heterocycles. The van der Waals surface area contributed by atoms with Gasteiger partial charge in [-0.05, 0) is 92.7 Å². The molecular weight excluding hydrogens is 577 g/mol. The fourth-order valence-electron chi connectivity index (χ4n) is 7.34. The first kappa shape index (κ1) is 25.5. The average Bonchev–Trinajstić information content (AvgIpc) is 3.49. The van der Waals surface area contributed by atoms with Crippen LogP contribution in [0.1, 0.15) is 0 Å². The van der Waals surface area contributed by atoms with Gasteiger partial charge in [0.15, 0.2) is 0 Å². The highest BCUT2D eigenvalue weighted by Crippen LogP contribution is 2.43. The molecule has 10 rings (SSSR count). The van der Waals surface area contributed by atoms with Gasteiger partial charge < -0.3 is 4.90 Å². The van der Waals surface area contributed by atoms with Crippen molar-refractivity contribution in [2.45, 2.75) is 0 Å². The average molecular weight is 603 g/mol. The molecule has 46 heavy (non-hydrogen) atoms. The maximum absolute atomic E-state index is 4.77. The summed E-state index contributed by atoms with van der Waals surface area (Å²) < 4.78 is 2.62. The zero-order chi connectivity index (χ0) is 30.2. The van der Waals surface area contributed by atoms with Gasteiger partial charge in [-0.2, -0.15) is 0 Å². The number of rotatable bonds is 4. The molecule has 2 nitrogen and oxygen atoms in total. The van der Waals surface area contributed by atoms with Gasteiger partial charge in [-0.25, -0.2) is 0 Å². The van der Waals surface area contributed by atoms with Gasteiger partial charge >= 0.3 is 0 Å². The van der Waals surface area contributed by atoms with Crippen molar-refractivity contribution in [3.63, 3.8) is 0 Å². The third-order valence-electron chi connectivity index (χ3n) is 9.42. The van der Waals surface area contributed by atoms with Crippen molar-refractivity contribution in [3.05, 3.63) is 158 Å². The molecule has 10 aromatic rings. The fraction of sp³-hybridized carbons (Fsp3) is 0. The van der Waals surface area contributed by atoms with Crippen molar-refractivity contribution < 1.29 is 0 Å². The van der Waals surface area contributed by atoms with Crippen LogP contribution in [0.3, 0.4) is 0 Å². The Morgan fingerprint density at radius 1 is 0.435 bits per heavy atom. The predicted molar refractivity (Wildman–Crippen MR) is 198 cm³/mol. The van der Waals surface area contributed by atoms with Gasteiger partial charge in [-0.1, -0.05) is 97.1 Å². The summed E-state index contributed by atoms with van der Waals surface area (Å²) >= 11 is 1.86. The highest BCUT2D eigenvalue weighted by molar-refractivity contribution is 7.25. The molecule has 0 aliphatic carbocycles. The molecule has 3 heteroatoms. The van der Waals surface area contributed by atoms with Crippen molar-refractivity contribution >= 4 is 91.8 Å². The third kappa shape index (κ3) is 3.79. The Balaban J connectivity index is 1.12. The highest BCUT2D eigenvalue weighted by Gasteiger charge is 2.17. The molecule has 0 N–H and O–H groups in total. The van der Waals surface area contributed by atoms with Crippen LogP contribution in [0.4, 0.5) is 17.1 Å². The summed E-state index contributed by atoms with van der Waals surface area (Å²) in [4.78, 5) is 7.12. The van der Waals surface area contributed by atoms with Gasteiger partial charge in [0, 0.05) is 54.2 Å². The van der Waals surface area contributed by atoms with E-state index in [4.69, 9.17) is 4.98 Å². The minimum absolute atomic E-state index is 1.06. The van der Waals surface area contributed by atoms with Crippen LogP contribution >= 0.6 is 11.3 Å². The lowest BCUT2D eigenvalue weighted by molar-refractivity contribution is 1.29. The van der Waals surface area contributed by atoms with E-state index in [-0.39, 0.29) is 0 Å². The molecule has 0 atom stereocenters. The van der Waals surface area contributed by atoms with Crippen LogP contribution in [0.2, 0.25) is 0 Å². The molecular formula is C43H26N2S. The van der Waals surface area contributed by atoms with Crippen molar-refractivity contribution in [1.29, 1.82) is 0 Å². The number of benzene rings is 8. The smallest absolute Gasteiger partial charge is 0.0780 e. The third-order valence-corrected chi connectivity index (χ3v) is 10.6. The maximum atomic E-state index is 4.77. The van der Waals surface area contributed by atoms with E-state index < -0.39 is 0 Å². The van der Waals surface area contributed by atoms with Crippen molar-refractivity contribution in [2.75, 3.05) is 4.90 Å². The Bertz CT molecular complexity index is 2740. The van der Waals surface area contributed by atoms with Gasteiger partial charge in [0.05, 0.1) is 5.52 Å². The van der Waals surface area contributed by atoms with Gasteiger partial charge in [-0.15, -0.1) is 11.3 Å². The second-order valence-corrected chi connectivity index (χ2v) is 13.1. The molecule has 0 unspecified atom stereocenters. The number of aromatic nitrogens is 1. The summed E-state index contributed by atoms with van der Waals surface area (Å²) in [5.74, 6) is 0. The molecule has 8 aromatic carbocycles. The van der Waals surface area contributed by atoms with Gasteiger partial charge in [0.25, 0.3) is 0 Å². The first-order valence-electron chi connectivity index (χ1n) is 15.6. The van der Waals surface area contributed by atoms with Crippen LogP contribution in [0.25, 0.3) is 74.5 Å². The molecule has 0 fully saturated rings. The zero-order valence-corrected chi connectivity index (χ0v) is 25.6. The van der Waals surface area contributed by atoms with E-state index in [1.807, 2.05) is 23.6 Å². The van der Waals surface area contributed by atoms with E-state index in [1.165, 1.54) is 69.0 Å². The number of anilines is 3. The SMILES string of the molecule is c1ccc(N(c2ccc(-c3ccc4ccc5cc6cccnc6c6ccc3c4c56)cc2)c2ccc3c(c2)sc2ccccc23)cc1. The van der Waals surface area contributed by atoms with E-state index >= 15 is 0 Å². The summed E-state index contributed by atoms with van der Waals surface area (Å²) in [5.41, 5.74) is 6.94. The summed E-state index contributed by atoms with van der Waals surface area (Å²) in [5, 5.41) is 11.4. The number of para-hydroxylation sites is 1. The number of hydrogen-bond acceptors (Lipinski definition) is 3. The Kier molecular flexibility index (Phi) is 5.48. The number of thiophene rings is 1. The molecule has 0 amide bonds. The standard InChI is InChI=1S/C43H26N2S/c1-2-8-31(9-3-1)45(33-19-21-36-35-10-4-5-11-39(35)46-40(36)26-33)32-17-14-27(15-18-32)34-20-16-28-12-13-29-25-30-7-6-24-44-43(30)38-23-22-37(34)41(28)42(29)38/h1-26H. The van der Waals surface area contributed by atoms with Crippen LogP contribution in [0.15, 0.2) is 158 Å². The monoisotopic (exact) mass is 602 g/mol. The molecule has 2 heterocycles. The summed E-state index contributed by atoms with van der Waals surface area (Å²) in [6.45, 7) is 0. The maximum Gasteiger partial charge on any atom is 0.0780 e. The van der Waals surface area contributed by atoms with Crippen LogP contribution < -0.4 is 4.90 Å². The normalized spacial score (nSPS) is 11.9. The predicted octanol–water partition coefficient (Wildman–Crippen LogP) is 12.6. The molecule has 0 bridgehead atoms. The van der Waals surface area contributed by atoms with Crippen LogP contribution in [-0.4, -0.2) is 4.98 Å². The number of pyridine rings is 1. The van der Waals surface area contributed by atoms with Gasteiger partial charge in [0.2, 0.25) is 0 Å². The zero-order valence-electron chi connectivity index (χ0n) is 24.8. The molecule has 2 aromatic heterocycles. The molecule has 0 aliphatic rings. The van der Waals surface area contributed by atoms with Crippen molar-refractivity contribution in [3.8, 4) is 11.1 Å². The second kappa shape index (κ2) is 9.87. The molecule has 0 saturated carbocycles. The van der Waals surface area contributed by atoms with Crippen molar-refractivity contribution in [2.24, 2.45) is 0 Å².